The van der Waals surface area contributed by atoms with Crippen molar-refractivity contribution in [3.05, 3.63) is 59.8 Å². The van der Waals surface area contributed by atoms with E-state index in [2.05, 4.69) is 47.1 Å². The molecule has 3 nitrogen and oxygen atoms in total. The van der Waals surface area contributed by atoms with Gasteiger partial charge in [0.2, 0.25) is 0 Å². The van der Waals surface area contributed by atoms with Gasteiger partial charge in [-0.2, -0.15) is 0 Å². The van der Waals surface area contributed by atoms with Gasteiger partial charge in [-0.05, 0) is 87.3 Å². The molecule has 27 heavy (non-hydrogen) atoms. The number of rotatable bonds is 6. The molecule has 0 saturated carbocycles. The van der Waals surface area contributed by atoms with Gasteiger partial charge in [0.05, 0.1) is 11.0 Å². The largest absolute Gasteiger partial charge is 0.491 e. The van der Waals surface area contributed by atoms with Gasteiger partial charge in [-0.1, -0.05) is 12.1 Å². The maximum Gasteiger partial charge on any atom is 0.123 e. The summed E-state index contributed by atoms with van der Waals surface area (Å²) in [5.41, 5.74) is 5.17. The molecule has 3 aromatic rings. The minimum absolute atomic E-state index is 0.193. The van der Waals surface area contributed by atoms with E-state index >= 15 is 0 Å². The Labute approximate surface area is 165 Å². The lowest BCUT2D eigenvalue weighted by Crippen LogP contribution is -2.36. The molecule has 140 valence electrons. The van der Waals surface area contributed by atoms with Gasteiger partial charge in [0.15, 0.2) is 0 Å². The zero-order valence-corrected chi connectivity index (χ0v) is 17.1. The summed E-state index contributed by atoms with van der Waals surface area (Å²) in [5.74, 6) is 0.909. The van der Waals surface area contributed by atoms with E-state index in [0.717, 1.165) is 17.3 Å². The predicted molar refractivity (Wildman–Crippen MR) is 113 cm³/mol. The molecule has 2 heterocycles. The summed E-state index contributed by atoms with van der Waals surface area (Å²) in [7, 11) is 0. The lowest BCUT2D eigenvalue weighted by atomic mass is 10.0. The highest BCUT2D eigenvalue weighted by atomic mass is 32.1. The minimum Gasteiger partial charge on any atom is -0.491 e. The van der Waals surface area contributed by atoms with Crippen molar-refractivity contribution >= 4 is 11.3 Å². The number of nitrogens with zero attached hydrogens (tertiary/aromatic N) is 2. The van der Waals surface area contributed by atoms with Crippen LogP contribution in [0.15, 0.2) is 48.7 Å². The van der Waals surface area contributed by atoms with Crippen molar-refractivity contribution in [2.75, 3.05) is 13.1 Å². The Kier molecular flexibility index (Phi) is 5.28. The smallest absolute Gasteiger partial charge is 0.123 e. The number of hydrogen-bond acceptors (Lipinski definition) is 4. The summed E-state index contributed by atoms with van der Waals surface area (Å²) in [6.45, 7) is 9.83. The van der Waals surface area contributed by atoms with E-state index in [1.54, 1.807) is 11.3 Å². The Morgan fingerprint density at radius 3 is 2.44 bits per heavy atom. The molecule has 0 N–H and O–H groups in total. The highest BCUT2D eigenvalue weighted by Gasteiger charge is 2.15. The first-order valence-corrected chi connectivity index (χ1v) is 10.5. The van der Waals surface area contributed by atoms with Crippen LogP contribution in [0.3, 0.4) is 0 Å². The van der Waals surface area contributed by atoms with Crippen LogP contribution in [0.2, 0.25) is 0 Å². The number of thiazole rings is 1. The average molecular weight is 379 g/mol. The predicted octanol–water partition coefficient (Wildman–Crippen LogP) is 5.78. The van der Waals surface area contributed by atoms with Crippen molar-refractivity contribution in [2.45, 2.75) is 39.8 Å². The zero-order valence-electron chi connectivity index (χ0n) is 16.2. The van der Waals surface area contributed by atoms with E-state index < -0.39 is 0 Å². The van der Waals surface area contributed by atoms with Gasteiger partial charge >= 0.3 is 0 Å². The van der Waals surface area contributed by atoms with Gasteiger partial charge < -0.3 is 4.74 Å². The summed E-state index contributed by atoms with van der Waals surface area (Å²) in [6.07, 6.45) is 3.50. The number of ether oxygens (including phenoxy) is 1. The molecule has 1 saturated heterocycles. The van der Waals surface area contributed by atoms with Crippen molar-refractivity contribution < 1.29 is 4.74 Å². The summed E-state index contributed by atoms with van der Waals surface area (Å²) < 4.78 is 5.73. The number of benzene rings is 2. The van der Waals surface area contributed by atoms with Crippen LogP contribution in [0.1, 0.15) is 31.4 Å². The van der Waals surface area contributed by atoms with E-state index in [4.69, 9.17) is 4.74 Å². The van der Waals surface area contributed by atoms with Crippen molar-refractivity contribution in [3.63, 3.8) is 0 Å². The van der Waals surface area contributed by atoms with E-state index in [9.17, 15) is 0 Å². The van der Waals surface area contributed by atoms with Gasteiger partial charge in [-0.3, -0.25) is 4.90 Å². The van der Waals surface area contributed by atoms with E-state index in [0.29, 0.717) is 0 Å². The Balaban J connectivity index is 1.51. The SMILES string of the molecule is Cc1cc(-c2ncc(-c3ccc(OC(C)C)cc3)s2)ccc1CN1CCC1. The molecule has 1 aliphatic heterocycles. The molecular formula is C23H26N2OS. The lowest BCUT2D eigenvalue weighted by molar-refractivity contribution is 0.172. The van der Waals surface area contributed by atoms with Crippen LogP contribution < -0.4 is 4.74 Å². The van der Waals surface area contributed by atoms with E-state index in [1.165, 1.54) is 46.6 Å². The monoisotopic (exact) mass is 378 g/mol. The fraction of sp³-hybridized carbons (Fsp3) is 0.348. The van der Waals surface area contributed by atoms with Crippen LogP contribution in [0.4, 0.5) is 0 Å². The average Bonchev–Trinajstić information content (AvgIpc) is 3.09. The molecule has 4 rings (SSSR count). The Bertz CT molecular complexity index is 910. The molecule has 0 atom stereocenters. The Morgan fingerprint density at radius 1 is 1.07 bits per heavy atom. The third-order valence-corrected chi connectivity index (χ3v) is 6.04. The van der Waals surface area contributed by atoms with Crippen molar-refractivity contribution in [1.82, 2.24) is 9.88 Å². The second-order valence-electron chi connectivity index (χ2n) is 7.49. The summed E-state index contributed by atoms with van der Waals surface area (Å²) >= 11 is 1.74. The molecule has 0 aliphatic carbocycles. The summed E-state index contributed by atoms with van der Waals surface area (Å²) in [5, 5.41) is 1.08. The molecule has 0 unspecified atom stereocenters. The molecule has 1 aliphatic rings. The Hall–Kier alpha value is -2.17. The van der Waals surface area contributed by atoms with Gasteiger partial charge in [-0.25, -0.2) is 4.98 Å². The topological polar surface area (TPSA) is 25.4 Å². The molecular weight excluding hydrogens is 352 g/mol. The van der Waals surface area contributed by atoms with Crippen LogP contribution in [0.5, 0.6) is 5.75 Å². The molecule has 4 heteroatoms. The van der Waals surface area contributed by atoms with Gasteiger partial charge in [0, 0.05) is 18.3 Å². The second-order valence-corrected chi connectivity index (χ2v) is 8.52. The third kappa shape index (κ3) is 4.23. The second kappa shape index (κ2) is 7.83. The fourth-order valence-electron chi connectivity index (χ4n) is 3.30. The van der Waals surface area contributed by atoms with E-state index in [1.807, 2.05) is 32.2 Å². The zero-order chi connectivity index (χ0) is 18.8. The van der Waals surface area contributed by atoms with Crippen LogP contribution in [0.25, 0.3) is 21.0 Å². The highest BCUT2D eigenvalue weighted by molar-refractivity contribution is 7.18. The van der Waals surface area contributed by atoms with Crippen molar-refractivity contribution in [3.8, 4) is 26.8 Å². The van der Waals surface area contributed by atoms with Crippen LogP contribution in [0, 0.1) is 6.92 Å². The first-order valence-electron chi connectivity index (χ1n) is 9.63. The quantitative estimate of drug-likeness (QED) is 0.544. The van der Waals surface area contributed by atoms with Crippen molar-refractivity contribution in [2.24, 2.45) is 0 Å². The van der Waals surface area contributed by atoms with Crippen molar-refractivity contribution in [1.29, 1.82) is 0 Å². The molecule has 0 radical (unpaired) electrons. The highest BCUT2D eigenvalue weighted by Crippen LogP contribution is 2.33. The first-order chi connectivity index (χ1) is 13.1. The van der Waals surface area contributed by atoms with Crippen LogP contribution in [-0.4, -0.2) is 29.1 Å². The molecule has 0 amide bonds. The number of likely N-dealkylation sites (tertiary alicyclic amines) is 1. The third-order valence-electron chi connectivity index (χ3n) is 4.95. The number of aromatic nitrogens is 1. The maximum atomic E-state index is 5.73. The Morgan fingerprint density at radius 2 is 1.81 bits per heavy atom. The lowest BCUT2D eigenvalue weighted by Gasteiger charge is -2.31. The van der Waals surface area contributed by atoms with Crippen LogP contribution in [-0.2, 0) is 6.54 Å². The molecule has 2 aromatic carbocycles. The molecule has 1 fully saturated rings. The van der Waals surface area contributed by atoms with E-state index in [-0.39, 0.29) is 6.10 Å². The standard InChI is InChI=1S/C23H26N2OS/c1-16(2)26-21-9-7-18(8-10-21)22-14-24-23(27-22)19-5-6-20(17(3)13-19)15-25-11-4-12-25/h5-10,13-14,16H,4,11-12,15H2,1-3H3. The number of hydrogen-bond donors (Lipinski definition) is 0. The summed E-state index contributed by atoms with van der Waals surface area (Å²) in [6, 6.07) is 15.0. The fourth-order valence-corrected chi connectivity index (χ4v) is 4.22. The van der Waals surface area contributed by atoms with Gasteiger partial charge in [-0.15, -0.1) is 11.3 Å². The van der Waals surface area contributed by atoms with Crippen LogP contribution >= 0.6 is 11.3 Å². The summed E-state index contributed by atoms with van der Waals surface area (Å²) in [4.78, 5) is 8.35. The normalized spacial score (nSPS) is 14.4. The minimum atomic E-state index is 0.193. The maximum absolute atomic E-state index is 5.73. The molecule has 1 aromatic heterocycles. The number of aryl methyl sites for hydroxylation is 1. The van der Waals surface area contributed by atoms with Gasteiger partial charge in [0.1, 0.15) is 10.8 Å². The first kappa shape index (κ1) is 18.2. The molecule has 0 spiro atoms. The van der Waals surface area contributed by atoms with Gasteiger partial charge in [0.25, 0.3) is 0 Å². The molecule has 0 bridgehead atoms.